The summed E-state index contributed by atoms with van der Waals surface area (Å²) in [5.41, 5.74) is 1.97. The average molecular weight is 381 g/mol. The van der Waals surface area contributed by atoms with E-state index in [-0.39, 0.29) is 18.3 Å². The summed E-state index contributed by atoms with van der Waals surface area (Å²) >= 11 is 2.26. The number of hydrogen-bond acceptors (Lipinski definition) is 2. The number of carbonyl (C=O) groups is 1. The average Bonchev–Trinajstić information content (AvgIpc) is 2.34. The molecule has 0 aliphatic carbocycles. The second kappa shape index (κ2) is 7.31. The summed E-state index contributed by atoms with van der Waals surface area (Å²) in [5.74, 6) is 0.0508. The van der Waals surface area contributed by atoms with Gasteiger partial charge in [0.1, 0.15) is 0 Å². The summed E-state index contributed by atoms with van der Waals surface area (Å²) in [6, 6.07) is 6.17. The van der Waals surface area contributed by atoms with Gasteiger partial charge in [-0.1, -0.05) is 6.07 Å². The minimum Gasteiger partial charge on any atom is -0.349 e. The molecule has 5 heteroatoms. The maximum absolute atomic E-state index is 12.0. The second-order valence-corrected chi connectivity index (χ2v) is 5.62. The first-order chi connectivity index (χ1) is 8.16. The van der Waals surface area contributed by atoms with Crippen LogP contribution in [0.2, 0.25) is 0 Å². The van der Waals surface area contributed by atoms with Gasteiger partial charge in [0.15, 0.2) is 0 Å². The van der Waals surface area contributed by atoms with Crippen LogP contribution in [0.25, 0.3) is 0 Å². The third-order valence-corrected chi connectivity index (χ3v) is 4.27. The summed E-state index contributed by atoms with van der Waals surface area (Å²) in [6.45, 7) is 4.04. The molecule has 1 aromatic carbocycles. The highest BCUT2D eigenvalue weighted by molar-refractivity contribution is 14.1. The molecule has 1 fully saturated rings. The molecule has 0 aromatic heterocycles. The molecule has 2 rings (SSSR count). The van der Waals surface area contributed by atoms with E-state index in [1.165, 1.54) is 5.56 Å². The molecule has 0 radical (unpaired) electrons. The van der Waals surface area contributed by atoms with E-state index in [4.69, 9.17) is 0 Å². The van der Waals surface area contributed by atoms with Gasteiger partial charge in [-0.05, 0) is 73.1 Å². The standard InChI is InChI=1S/C13H17IN2O.ClH/c1-9-2-3-10(8-12(9)14)13(17)16-11-4-6-15-7-5-11;/h2-3,8,11,15H,4-7H2,1H3,(H,16,17);1H. The summed E-state index contributed by atoms with van der Waals surface area (Å²) in [7, 11) is 0. The van der Waals surface area contributed by atoms with E-state index in [9.17, 15) is 4.79 Å². The molecule has 0 unspecified atom stereocenters. The summed E-state index contributed by atoms with van der Waals surface area (Å²) < 4.78 is 1.14. The predicted molar refractivity (Wildman–Crippen MR) is 84.5 cm³/mol. The van der Waals surface area contributed by atoms with E-state index < -0.39 is 0 Å². The van der Waals surface area contributed by atoms with Crippen LogP contribution in [0.15, 0.2) is 18.2 Å². The largest absolute Gasteiger partial charge is 0.349 e. The number of benzene rings is 1. The Kier molecular flexibility index (Phi) is 6.38. The van der Waals surface area contributed by atoms with Gasteiger partial charge >= 0.3 is 0 Å². The Morgan fingerprint density at radius 2 is 2.06 bits per heavy atom. The quantitative estimate of drug-likeness (QED) is 0.774. The fourth-order valence-corrected chi connectivity index (χ4v) is 2.48. The van der Waals surface area contributed by atoms with E-state index in [0.29, 0.717) is 6.04 Å². The molecule has 18 heavy (non-hydrogen) atoms. The molecule has 1 saturated heterocycles. The molecule has 0 saturated carbocycles. The van der Waals surface area contributed by atoms with Gasteiger partial charge in [-0.3, -0.25) is 4.79 Å². The smallest absolute Gasteiger partial charge is 0.251 e. The number of aryl methyl sites for hydroxylation is 1. The fourth-order valence-electron chi connectivity index (χ4n) is 1.97. The highest BCUT2D eigenvalue weighted by atomic mass is 127. The summed E-state index contributed by atoms with van der Waals surface area (Å²) in [6.07, 6.45) is 2.05. The maximum Gasteiger partial charge on any atom is 0.251 e. The highest BCUT2D eigenvalue weighted by Gasteiger charge is 2.16. The molecule has 1 heterocycles. The lowest BCUT2D eigenvalue weighted by Crippen LogP contribution is -2.42. The van der Waals surface area contributed by atoms with Crippen molar-refractivity contribution in [3.05, 3.63) is 32.9 Å². The first-order valence-electron chi connectivity index (χ1n) is 5.94. The van der Waals surface area contributed by atoms with Gasteiger partial charge in [-0.25, -0.2) is 0 Å². The van der Waals surface area contributed by atoms with Crippen LogP contribution >= 0.6 is 35.0 Å². The third-order valence-electron chi connectivity index (χ3n) is 3.11. The Morgan fingerprint density at radius 3 is 2.67 bits per heavy atom. The van der Waals surface area contributed by atoms with Gasteiger partial charge in [0, 0.05) is 15.2 Å². The van der Waals surface area contributed by atoms with Gasteiger partial charge in [0.05, 0.1) is 0 Å². The first-order valence-corrected chi connectivity index (χ1v) is 7.02. The van der Waals surface area contributed by atoms with Gasteiger partial charge in [-0.2, -0.15) is 0 Å². The molecule has 1 aliphatic heterocycles. The minimum absolute atomic E-state index is 0. The molecule has 0 atom stereocenters. The molecule has 3 nitrogen and oxygen atoms in total. The molecule has 0 bridgehead atoms. The van der Waals surface area contributed by atoms with Crippen LogP contribution in [-0.2, 0) is 0 Å². The van der Waals surface area contributed by atoms with Crippen molar-refractivity contribution in [2.75, 3.05) is 13.1 Å². The summed E-state index contributed by atoms with van der Waals surface area (Å²) in [4.78, 5) is 12.0. The molecule has 1 aromatic rings. The second-order valence-electron chi connectivity index (χ2n) is 4.46. The van der Waals surface area contributed by atoms with Crippen molar-refractivity contribution in [2.24, 2.45) is 0 Å². The van der Waals surface area contributed by atoms with Crippen molar-refractivity contribution >= 4 is 40.9 Å². The fraction of sp³-hybridized carbons (Fsp3) is 0.462. The van der Waals surface area contributed by atoms with Crippen LogP contribution in [0.1, 0.15) is 28.8 Å². The number of halogens is 2. The zero-order chi connectivity index (χ0) is 12.3. The van der Waals surface area contributed by atoms with E-state index in [2.05, 4.69) is 40.1 Å². The Balaban J connectivity index is 0.00000162. The van der Waals surface area contributed by atoms with E-state index in [1.54, 1.807) is 0 Å². The number of carbonyl (C=O) groups excluding carboxylic acids is 1. The molecular weight excluding hydrogens is 363 g/mol. The molecular formula is C13H18ClIN2O. The van der Waals surface area contributed by atoms with E-state index >= 15 is 0 Å². The highest BCUT2D eigenvalue weighted by Crippen LogP contribution is 2.14. The monoisotopic (exact) mass is 380 g/mol. The zero-order valence-corrected chi connectivity index (χ0v) is 13.3. The van der Waals surface area contributed by atoms with Gasteiger partial charge in [0.25, 0.3) is 5.91 Å². The molecule has 2 N–H and O–H groups in total. The van der Waals surface area contributed by atoms with Gasteiger partial charge < -0.3 is 10.6 Å². The normalized spacial score (nSPS) is 15.9. The number of amides is 1. The lowest BCUT2D eigenvalue weighted by atomic mass is 10.1. The van der Waals surface area contributed by atoms with Crippen LogP contribution in [0.5, 0.6) is 0 Å². The van der Waals surface area contributed by atoms with Gasteiger partial charge in [0.2, 0.25) is 0 Å². The topological polar surface area (TPSA) is 41.1 Å². The molecule has 0 spiro atoms. The number of hydrogen-bond donors (Lipinski definition) is 2. The van der Waals surface area contributed by atoms with E-state index in [1.807, 2.05) is 18.2 Å². The molecule has 1 aliphatic rings. The van der Waals surface area contributed by atoms with Crippen LogP contribution in [0.3, 0.4) is 0 Å². The number of nitrogens with one attached hydrogen (secondary N) is 2. The van der Waals surface area contributed by atoms with Crippen LogP contribution in [0.4, 0.5) is 0 Å². The summed E-state index contributed by atoms with van der Waals surface area (Å²) in [5, 5.41) is 6.39. The minimum atomic E-state index is 0. The molecule has 100 valence electrons. The van der Waals surface area contributed by atoms with Crippen molar-refractivity contribution in [3.63, 3.8) is 0 Å². The Bertz CT molecular complexity index is 419. The van der Waals surface area contributed by atoms with Crippen LogP contribution in [-0.4, -0.2) is 25.0 Å². The lowest BCUT2D eigenvalue weighted by molar-refractivity contribution is 0.0929. The first kappa shape index (κ1) is 15.7. The third kappa shape index (κ3) is 4.10. The van der Waals surface area contributed by atoms with Crippen molar-refractivity contribution in [1.82, 2.24) is 10.6 Å². The van der Waals surface area contributed by atoms with Crippen LogP contribution in [0, 0.1) is 10.5 Å². The number of rotatable bonds is 2. The number of piperidine rings is 1. The Hall–Kier alpha value is -0.330. The van der Waals surface area contributed by atoms with Crippen LogP contribution < -0.4 is 10.6 Å². The van der Waals surface area contributed by atoms with Gasteiger partial charge in [-0.15, -0.1) is 12.4 Å². The Morgan fingerprint density at radius 1 is 1.39 bits per heavy atom. The van der Waals surface area contributed by atoms with Crippen molar-refractivity contribution in [3.8, 4) is 0 Å². The van der Waals surface area contributed by atoms with Crippen molar-refractivity contribution < 1.29 is 4.79 Å². The van der Waals surface area contributed by atoms with Crippen molar-refractivity contribution in [1.29, 1.82) is 0 Å². The maximum atomic E-state index is 12.0. The molecule has 1 amide bonds. The van der Waals surface area contributed by atoms with Crippen molar-refractivity contribution in [2.45, 2.75) is 25.8 Å². The zero-order valence-electron chi connectivity index (χ0n) is 10.3. The predicted octanol–water partition coefficient (Wildman–Crippen LogP) is 2.50. The lowest BCUT2D eigenvalue weighted by Gasteiger charge is -2.23. The SMILES string of the molecule is Cc1ccc(C(=O)NC2CCNCC2)cc1I.Cl. The van der Waals surface area contributed by atoms with E-state index in [0.717, 1.165) is 35.1 Å². The Labute approximate surface area is 128 Å².